The molecule has 1 N–H and O–H groups in total. The fourth-order valence-corrected chi connectivity index (χ4v) is 3.17. The van der Waals surface area contributed by atoms with Gasteiger partial charge in [0.1, 0.15) is 5.75 Å². The summed E-state index contributed by atoms with van der Waals surface area (Å²) in [5, 5.41) is 3.23. The highest BCUT2D eigenvalue weighted by Crippen LogP contribution is 2.30. The van der Waals surface area contributed by atoms with Crippen molar-refractivity contribution in [3.63, 3.8) is 0 Å². The van der Waals surface area contributed by atoms with Crippen LogP contribution in [-0.2, 0) is 0 Å². The number of hydrogen-bond donors (Lipinski definition) is 1. The van der Waals surface area contributed by atoms with E-state index in [9.17, 15) is 13.6 Å². The molecule has 5 heteroatoms. The topological polar surface area (TPSA) is 38.3 Å². The fraction of sp³-hybridized carbons (Fsp3) is 0.632. The van der Waals surface area contributed by atoms with E-state index in [4.69, 9.17) is 0 Å². The lowest BCUT2D eigenvalue weighted by molar-refractivity contribution is -0.0493. The summed E-state index contributed by atoms with van der Waals surface area (Å²) in [4.78, 5) is 12.2. The number of nitrogens with one attached hydrogen (secondary N) is 1. The Morgan fingerprint density at radius 2 is 1.96 bits per heavy atom. The number of anilines is 1. The Labute approximate surface area is 142 Å². The molecule has 24 heavy (non-hydrogen) atoms. The van der Waals surface area contributed by atoms with Gasteiger partial charge in [-0.1, -0.05) is 33.1 Å². The molecular formula is C19H27F2NO2. The first-order valence-corrected chi connectivity index (χ1v) is 8.81. The van der Waals surface area contributed by atoms with E-state index in [1.54, 1.807) is 12.1 Å². The molecule has 0 aliphatic heterocycles. The highest BCUT2D eigenvalue weighted by Gasteiger charge is 2.17. The van der Waals surface area contributed by atoms with E-state index in [2.05, 4.69) is 10.1 Å². The molecule has 0 bridgehead atoms. The minimum atomic E-state index is -2.88. The number of Topliss-reactive ketones (excluding diaryl/α,β-unsaturated/α-hetero) is 1. The first-order valence-electron chi connectivity index (χ1n) is 8.81. The molecule has 0 amide bonds. The van der Waals surface area contributed by atoms with E-state index < -0.39 is 6.61 Å². The van der Waals surface area contributed by atoms with Crippen molar-refractivity contribution in [2.24, 2.45) is 11.8 Å². The predicted octanol–water partition coefficient (Wildman–Crippen LogP) is 5.51. The van der Waals surface area contributed by atoms with Crippen LogP contribution in [0.3, 0.4) is 0 Å². The second-order valence-electron chi connectivity index (χ2n) is 7.00. The van der Waals surface area contributed by atoms with Gasteiger partial charge in [-0.15, -0.1) is 0 Å². The number of halogens is 2. The summed E-state index contributed by atoms with van der Waals surface area (Å²) in [6, 6.07) is 4.67. The molecule has 1 fully saturated rings. The third kappa shape index (κ3) is 5.77. The van der Waals surface area contributed by atoms with E-state index in [0.717, 1.165) is 19.4 Å². The second-order valence-corrected chi connectivity index (χ2v) is 7.00. The van der Waals surface area contributed by atoms with Crippen LogP contribution in [0.5, 0.6) is 5.75 Å². The van der Waals surface area contributed by atoms with Gasteiger partial charge in [0.05, 0.1) is 5.69 Å². The zero-order chi connectivity index (χ0) is 17.5. The van der Waals surface area contributed by atoms with Crippen LogP contribution < -0.4 is 10.1 Å². The molecule has 0 unspecified atom stereocenters. The maximum atomic E-state index is 12.6. The lowest BCUT2D eigenvalue weighted by Crippen LogP contribution is -2.18. The van der Waals surface area contributed by atoms with Crippen molar-refractivity contribution in [1.29, 1.82) is 0 Å². The van der Waals surface area contributed by atoms with Crippen molar-refractivity contribution in [1.82, 2.24) is 0 Å². The zero-order valence-electron chi connectivity index (χ0n) is 14.5. The molecule has 1 aliphatic carbocycles. The van der Waals surface area contributed by atoms with Crippen molar-refractivity contribution in [2.75, 3.05) is 11.9 Å². The Morgan fingerprint density at radius 3 is 2.58 bits per heavy atom. The average Bonchev–Trinajstić information content (AvgIpc) is 2.53. The van der Waals surface area contributed by atoms with Crippen molar-refractivity contribution in [2.45, 2.75) is 59.0 Å². The van der Waals surface area contributed by atoms with Crippen LogP contribution in [0.15, 0.2) is 18.2 Å². The monoisotopic (exact) mass is 339 g/mol. The van der Waals surface area contributed by atoms with Crippen LogP contribution in [0.1, 0.15) is 62.7 Å². The van der Waals surface area contributed by atoms with Crippen LogP contribution in [-0.4, -0.2) is 18.9 Å². The Morgan fingerprint density at radius 1 is 1.25 bits per heavy atom. The van der Waals surface area contributed by atoms with E-state index in [0.29, 0.717) is 23.6 Å². The quantitative estimate of drug-likeness (QED) is 0.635. The van der Waals surface area contributed by atoms with Gasteiger partial charge in [0, 0.05) is 18.5 Å². The van der Waals surface area contributed by atoms with E-state index in [-0.39, 0.29) is 17.5 Å². The highest BCUT2D eigenvalue weighted by molar-refractivity contribution is 5.97. The summed E-state index contributed by atoms with van der Waals surface area (Å²) >= 11 is 0. The van der Waals surface area contributed by atoms with Gasteiger partial charge >= 0.3 is 6.61 Å². The molecule has 0 radical (unpaired) electrons. The number of benzene rings is 1. The number of ketones is 1. The maximum absolute atomic E-state index is 12.6. The number of carbonyl (C=O) groups excluding carboxylic acids is 1. The Bertz CT molecular complexity index is 540. The SMILES string of the molecule is CC(C)CC(=O)c1ccc(OC(F)F)c(NCC2CCCCC2)c1. The van der Waals surface area contributed by atoms with Crippen molar-refractivity contribution < 1.29 is 18.3 Å². The van der Waals surface area contributed by atoms with Gasteiger partial charge in [-0.05, 0) is 42.9 Å². The van der Waals surface area contributed by atoms with Gasteiger partial charge in [-0.25, -0.2) is 0 Å². The van der Waals surface area contributed by atoms with Crippen LogP contribution in [0.4, 0.5) is 14.5 Å². The van der Waals surface area contributed by atoms with Gasteiger partial charge < -0.3 is 10.1 Å². The van der Waals surface area contributed by atoms with Crippen molar-refractivity contribution in [3.8, 4) is 5.75 Å². The first-order chi connectivity index (χ1) is 11.5. The molecule has 134 valence electrons. The minimum absolute atomic E-state index is 0.0225. The Kier molecular flexibility index (Phi) is 7.00. The summed E-state index contributed by atoms with van der Waals surface area (Å²) in [5.74, 6) is 0.928. The van der Waals surface area contributed by atoms with Crippen LogP contribution in [0, 0.1) is 11.8 Å². The first kappa shape index (κ1) is 18.7. The average molecular weight is 339 g/mol. The third-order valence-electron chi connectivity index (χ3n) is 4.42. The van der Waals surface area contributed by atoms with E-state index >= 15 is 0 Å². The van der Waals surface area contributed by atoms with Gasteiger partial charge in [-0.2, -0.15) is 8.78 Å². The van der Waals surface area contributed by atoms with Gasteiger partial charge in [0.2, 0.25) is 0 Å². The fourth-order valence-electron chi connectivity index (χ4n) is 3.17. The van der Waals surface area contributed by atoms with Crippen LogP contribution >= 0.6 is 0 Å². The van der Waals surface area contributed by atoms with E-state index in [1.807, 2.05) is 13.8 Å². The predicted molar refractivity (Wildman–Crippen MR) is 91.9 cm³/mol. The smallest absolute Gasteiger partial charge is 0.387 e. The molecule has 0 heterocycles. The second kappa shape index (κ2) is 9.00. The third-order valence-corrected chi connectivity index (χ3v) is 4.42. The molecule has 0 spiro atoms. The summed E-state index contributed by atoms with van der Waals surface area (Å²) in [5.41, 5.74) is 1.02. The van der Waals surface area contributed by atoms with E-state index in [1.165, 1.54) is 25.3 Å². The summed E-state index contributed by atoms with van der Waals surface area (Å²) < 4.78 is 29.8. The lowest BCUT2D eigenvalue weighted by Gasteiger charge is -2.23. The lowest BCUT2D eigenvalue weighted by atomic mass is 9.89. The molecular weight excluding hydrogens is 312 g/mol. The molecule has 1 aromatic carbocycles. The number of hydrogen-bond acceptors (Lipinski definition) is 3. The largest absolute Gasteiger partial charge is 0.433 e. The summed E-state index contributed by atoms with van der Waals surface area (Å²) in [6.07, 6.45) is 6.47. The van der Waals surface area contributed by atoms with Crippen LogP contribution in [0.2, 0.25) is 0 Å². The number of carbonyl (C=O) groups is 1. The van der Waals surface area contributed by atoms with Crippen molar-refractivity contribution >= 4 is 11.5 Å². The minimum Gasteiger partial charge on any atom is -0.433 e. The Balaban J connectivity index is 2.11. The zero-order valence-corrected chi connectivity index (χ0v) is 14.5. The molecule has 2 rings (SSSR count). The summed E-state index contributed by atoms with van der Waals surface area (Å²) in [7, 11) is 0. The van der Waals surface area contributed by atoms with Gasteiger partial charge in [-0.3, -0.25) is 4.79 Å². The van der Waals surface area contributed by atoms with Crippen molar-refractivity contribution in [3.05, 3.63) is 23.8 Å². The molecule has 1 aromatic rings. The van der Waals surface area contributed by atoms with Gasteiger partial charge in [0.15, 0.2) is 5.78 Å². The maximum Gasteiger partial charge on any atom is 0.387 e. The molecule has 0 saturated heterocycles. The molecule has 1 aliphatic rings. The number of ether oxygens (including phenoxy) is 1. The van der Waals surface area contributed by atoms with Gasteiger partial charge in [0.25, 0.3) is 0 Å². The normalized spacial score (nSPS) is 15.8. The standard InChI is InChI=1S/C19H27F2NO2/c1-13(2)10-17(23)15-8-9-18(24-19(20)21)16(11-15)22-12-14-6-4-3-5-7-14/h8-9,11,13-14,19,22H,3-7,10,12H2,1-2H3. The Hall–Kier alpha value is -1.65. The number of alkyl halides is 2. The molecule has 1 saturated carbocycles. The summed E-state index contributed by atoms with van der Waals surface area (Å²) in [6.45, 7) is 1.81. The van der Waals surface area contributed by atoms with Crippen LogP contribution in [0.25, 0.3) is 0 Å². The molecule has 0 aromatic heterocycles. The molecule has 0 atom stereocenters. The number of rotatable bonds is 8. The molecule has 3 nitrogen and oxygen atoms in total. The highest BCUT2D eigenvalue weighted by atomic mass is 19.3.